The third kappa shape index (κ3) is 3.00. The number of rotatable bonds is 4. The maximum absolute atomic E-state index is 12.5. The maximum atomic E-state index is 12.5. The standard InChI is InChI=1S/C16H24N4O2/c1-9(2)13-7-14(19-18-13)16(22)20-5-4-11(8-20)17-15(21)12-6-10(12)3/h7,9-12H,4-6,8H2,1-3H3,(H,17,21)(H,18,19). The van der Waals surface area contributed by atoms with Crippen molar-refractivity contribution in [1.82, 2.24) is 20.4 Å². The van der Waals surface area contributed by atoms with Crippen molar-refractivity contribution >= 4 is 11.8 Å². The number of nitrogens with zero attached hydrogens (tertiary/aromatic N) is 2. The molecule has 1 aliphatic carbocycles. The number of amides is 2. The molecule has 3 unspecified atom stereocenters. The van der Waals surface area contributed by atoms with Crippen molar-refractivity contribution in [3.63, 3.8) is 0 Å². The Labute approximate surface area is 130 Å². The summed E-state index contributed by atoms with van der Waals surface area (Å²) in [6.07, 6.45) is 1.82. The summed E-state index contributed by atoms with van der Waals surface area (Å²) in [5.41, 5.74) is 1.43. The maximum Gasteiger partial charge on any atom is 0.271 e. The molecule has 22 heavy (non-hydrogen) atoms. The van der Waals surface area contributed by atoms with Crippen molar-refractivity contribution < 1.29 is 9.59 Å². The number of hydrogen-bond donors (Lipinski definition) is 2. The second-order valence-electron chi connectivity index (χ2n) is 6.93. The summed E-state index contributed by atoms with van der Waals surface area (Å²) in [4.78, 5) is 26.2. The highest BCUT2D eigenvalue weighted by Gasteiger charge is 2.40. The molecular formula is C16H24N4O2. The van der Waals surface area contributed by atoms with E-state index in [1.54, 1.807) is 4.90 Å². The van der Waals surface area contributed by atoms with Gasteiger partial charge >= 0.3 is 0 Å². The van der Waals surface area contributed by atoms with Crippen LogP contribution in [-0.2, 0) is 4.79 Å². The number of carbonyl (C=O) groups excluding carboxylic acids is 2. The van der Waals surface area contributed by atoms with Crippen LogP contribution < -0.4 is 5.32 Å². The fourth-order valence-electron chi connectivity index (χ4n) is 2.97. The number of hydrogen-bond acceptors (Lipinski definition) is 3. The summed E-state index contributed by atoms with van der Waals surface area (Å²) < 4.78 is 0. The quantitative estimate of drug-likeness (QED) is 0.885. The molecule has 6 nitrogen and oxygen atoms in total. The molecule has 2 heterocycles. The number of carbonyl (C=O) groups is 2. The van der Waals surface area contributed by atoms with Crippen LogP contribution >= 0.6 is 0 Å². The van der Waals surface area contributed by atoms with Crippen LogP contribution in [0, 0.1) is 11.8 Å². The van der Waals surface area contributed by atoms with Gasteiger partial charge in [-0.2, -0.15) is 5.10 Å². The molecule has 0 bridgehead atoms. The first-order chi connectivity index (χ1) is 10.5. The topological polar surface area (TPSA) is 78.1 Å². The smallest absolute Gasteiger partial charge is 0.271 e. The molecule has 1 aromatic heterocycles. The van der Waals surface area contributed by atoms with E-state index >= 15 is 0 Å². The normalized spacial score (nSPS) is 27.3. The van der Waals surface area contributed by atoms with Crippen LogP contribution in [0.25, 0.3) is 0 Å². The van der Waals surface area contributed by atoms with Crippen molar-refractivity contribution in [2.75, 3.05) is 13.1 Å². The van der Waals surface area contributed by atoms with Gasteiger partial charge in [0.25, 0.3) is 5.91 Å². The summed E-state index contributed by atoms with van der Waals surface area (Å²) in [6, 6.07) is 1.90. The molecule has 3 atom stereocenters. The van der Waals surface area contributed by atoms with Gasteiger partial charge in [0.15, 0.2) is 0 Å². The monoisotopic (exact) mass is 304 g/mol. The van der Waals surface area contributed by atoms with E-state index in [1.807, 2.05) is 19.9 Å². The predicted molar refractivity (Wildman–Crippen MR) is 82.4 cm³/mol. The molecule has 2 N–H and O–H groups in total. The van der Waals surface area contributed by atoms with Gasteiger partial charge in [-0.05, 0) is 30.7 Å². The first-order valence-electron chi connectivity index (χ1n) is 8.10. The Morgan fingerprint density at radius 2 is 2.18 bits per heavy atom. The van der Waals surface area contributed by atoms with Crippen LogP contribution in [0.5, 0.6) is 0 Å². The lowest BCUT2D eigenvalue weighted by Crippen LogP contribution is -2.39. The Kier molecular flexibility index (Phi) is 3.93. The molecule has 1 saturated heterocycles. The molecule has 0 radical (unpaired) electrons. The highest BCUT2D eigenvalue weighted by atomic mass is 16.2. The van der Waals surface area contributed by atoms with Crippen molar-refractivity contribution in [3.8, 4) is 0 Å². The molecule has 3 rings (SSSR count). The summed E-state index contributed by atoms with van der Waals surface area (Å²) in [7, 11) is 0. The molecule has 1 saturated carbocycles. The van der Waals surface area contributed by atoms with Gasteiger partial charge in [-0.25, -0.2) is 0 Å². The third-order valence-electron chi connectivity index (χ3n) is 4.69. The Morgan fingerprint density at radius 3 is 2.77 bits per heavy atom. The van der Waals surface area contributed by atoms with Gasteiger partial charge in [-0.1, -0.05) is 20.8 Å². The van der Waals surface area contributed by atoms with Crippen LogP contribution in [0.1, 0.15) is 55.7 Å². The van der Waals surface area contributed by atoms with Gasteiger partial charge in [0.05, 0.1) is 5.69 Å². The van der Waals surface area contributed by atoms with Crippen molar-refractivity contribution in [1.29, 1.82) is 0 Å². The van der Waals surface area contributed by atoms with Crippen molar-refractivity contribution in [3.05, 3.63) is 17.5 Å². The van der Waals surface area contributed by atoms with E-state index in [-0.39, 0.29) is 23.8 Å². The van der Waals surface area contributed by atoms with Gasteiger partial charge in [-0.15, -0.1) is 0 Å². The van der Waals surface area contributed by atoms with E-state index in [9.17, 15) is 9.59 Å². The highest BCUT2D eigenvalue weighted by molar-refractivity contribution is 5.92. The van der Waals surface area contributed by atoms with Gasteiger partial charge in [-0.3, -0.25) is 14.7 Å². The largest absolute Gasteiger partial charge is 0.351 e. The van der Waals surface area contributed by atoms with Crippen molar-refractivity contribution in [2.45, 2.75) is 45.6 Å². The summed E-state index contributed by atoms with van der Waals surface area (Å²) in [5, 5.41) is 10.1. The minimum Gasteiger partial charge on any atom is -0.351 e. The molecule has 0 aromatic carbocycles. The Morgan fingerprint density at radius 1 is 1.45 bits per heavy atom. The Bertz CT molecular complexity index is 580. The van der Waals surface area contributed by atoms with Crippen LogP contribution in [0.3, 0.4) is 0 Å². The number of nitrogens with one attached hydrogen (secondary N) is 2. The Hall–Kier alpha value is -1.85. The molecule has 2 aliphatic rings. The second-order valence-corrected chi connectivity index (χ2v) is 6.93. The molecular weight excluding hydrogens is 280 g/mol. The molecule has 120 valence electrons. The third-order valence-corrected chi connectivity index (χ3v) is 4.69. The fourth-order valence-corrected chi connectivity index (χ4v) is 2.97. The van der Waals surface area contributed by atoms with Gasteiger partial charge < -0.3 is 10.2 Å². The molecule has 1 aromatic rings. The summed E-state index contributed by atoms with van der Waals surface area (Å²) in [5.74, 6) is 1.11. The van der Waals surface area contributed by atoms with Crippen molar-refractivity contribution in [2.24, 2.45) is 11.8 Å². The number of H-pyrrole nitrogens is 1. The first-order valence-corrected chi connectivity index (χ1v) is 8.10. The van der Waals surface area contributed by atoms with E-state index in [1.165, 1.54) is 0 Å². The minimum absolute atomic E-state index is 0.0315. The number of aromatic nitrogens is 2. The molecule has 2 amide bonds. The predicted octanol–water partition coefficient (Wildman–Crippen LogP) is 1.52. The van der Waals surface area contributed by atoms with Crippen LogP contribution in [0.15, 0.2) is 6.07 Å². The first kappa shape index (κ1) is 15.1. The van der Waals surface area contributed by atoms with E-state index in [2.05, 4.69) is 22.4 Å². The lowest BCUT2D eigenvalue weighted by molar-refractivity contribution is -0.123. The van der Waals surface area contributed by atoms with Crippen LogP contribution in [0.4, 0.5) is 0 Å². The Balaban J connectivity index is 1.55. The SMILES string of the molecule is CC(C)c1cc(C(=O)N2CCC(NC(=O)C3CC3C)C2)[nH]n1. The zero-order valence-corrected chi connectivity index (χ0v) is 13.4. The summed E-state index contributed by atoms with van der Waals surface area (Å²) >= 11 is 0. The minimum atomic E-state index is -0.0315. The van der Waals surface area contributed by atoms with Gasteiger partial charge in [0, 0.05) is 25.0 Å². The lowest BCUT2D eigenvalue weighted by Gasteiger charge is -2.16. The zero-order valence-electron chi connectivity index (χ0n) is 13.4. The second kappa shape index (κ2) is 5.74. The van der Waals surface area contributed by atoms with E-state index in [0.717, 1.165) is 18.5 Å². The van der Waals surface area contributed by atoms with Crippen LogP contribution in [0.2, 0.25) is 0 Å². The van der Waals surface area contributed by atoms with Gasteiger partial charge in [0.1, 0.15) is 5.69 Å². The highest BCUT2D eigenvalue weighted by Crippen LogP contribution is 2.37. The molecule has 6 heteroatoms. The number of likely N-dealkylation sites (tertiary alicyclic amines) is 1. The number of aromatic amines is 1. The molecule has 0 spiro atoms. The molecule has 1 aliphatic heterocycles. The van der Waals surface area contributed by atoms with Crippen LogP contribution in [-0.4, -0.2) is 46.0 Å². The van der Waals surface area contributed by atoms with E-state index in [0.29, 0.717) is 30.6 Å². The van der Waals surface area contributed by atoms with Gasteiger partial charge in [0.2, 0.25) is 5.91 Å². The fraction of sp³-hybridized carbons (Fsp3) is 0.688. The average molecular weight is 304 g/mol. The van der Waals surface area contributed by atoms with E-state index in [4.69, 9.17) is 0 Å². The summed E-state index contributed by atoms with van der Waals surface area (Å²) in [6.45, 7) is 7.45. The molecule has 2 fully saturated rings. The average Bonchev–Trinajstić information content (AvgIpc) is 2.93. The zero-order chi connectivity index (χ0) is 15.9. The van der Waals surface area contributed by atoms with E-state index < -0.39 is 0 Å². The lowest BCUT2D eigenvalue weighted by atomic mass is 10.1.